The number of benzene rings is 3. The van der Waals surface area contributed by atoms with Gasteiger partial charge >= 0.3 is 0 Å². The first-order valence-corrected chi connectivity index (χ1v) is 8.60. The molecule has 0 radical (unpaired) electrons. The Hall–Kier alpha value is -2.69. The van der Waals surface area contributed by atoms with Crippen molar-refractivity contribution in [1.82, 2.24) is 9.97 Å². The van der Waals surface area contributed by atoms with E-state index in [0.29, 0.717) is 27.4 Å². The molecule has 3 aromatic carbocycles. The molecule has 1 N–H and O–H groups in total. The lowest BCUT2D eigenvalue weighted by atomic mass is 10.1. The molecule has 0 aliphatic heterocycles. The predicted octanol–water partition coefficient (Wildman–Crippen LogP) is 6.49. The Balaban J connectivity index is 1.86. The zero-order valence-corrected chi connectivity index (χ0v) is 14.9. The molecule has 6 heteroatoms. The number of rotatable bonds is 3. The Morgan fingerprint density at radius 1 is 0.808 bits per heavy atom. The third-order valence-corrected chi connectivity index (χ3v) is 4.61. The summed E-state index contributed by atoms with van der Waals surface area (Å²) in [6.07, 6.45) is 0. The SMILES string of the molecule is Fc1cccc(Nc2nc(-c3ccc(Cl)c(Cl)c3)nc3ccccc23)c1. The number of hydrogen-bond donors (Lipinski definition) is 1. The van der Waals surface area contributed by atoms with Crippen molar-refractivity contribution < 1.29 is 4.39 Å². The number of nitrogens with zero attached hydrogens (tertiary/aromatic N) is 2. The van der Waals surface area contributed by atoms with Crippen LogP contribution in [-0.4, -0.2) is 9.97 Å². The van der Waals surface area contributed by atoms with Gasteiger partial charge in [-0.15, -0.1) is 0 Å². The van der Waals surface area contributed by atoms with E-state index in [-0.39, 0.29) is 5.82 Å². The van der Waals surface area contributed by atoms with Gasteiger partial charge in [-0.05, 0) is 48.5 Å². The van der Waals surface area contributed by atoms with Crippen LogP contribution in [-0.2, 0) is 0 Å². The van der Waals surface area contributed by atoms with E-state index >= 15 is 0 Å². The minimum atomic E-state index is -0.321. The van der Waals surface area contributed by atoms with Gasteiger partial charge in [-0.3, -0.25) is 0 Å². The number of hydrogen-bond acceptors (Lipinski definition) is 3. The van der Waals surface area contributed by atoms with Gasteiger partial charge in [-0.1, -0.05) is 41.4 Å². The zero-order chi connectivity index (χ0) is 18.1. The molecule has 0 aliphatic rings. The number of aromatic nitrogens is 2. The molecule has 0 fully saturated rings. The predicted molar refractivity (Wildman–Crippen MR) is 105 cm³/mol. The Morgan fingerprint density at radius 2 is 1.65 bits per heavy atom. The van der Waals surface area contributed by atoms with Crippen molar-refractivity contribution in [3.63, 3.8) is 0 Å². The van der Waals surface area contributed by atoms with Crippen molar-refractivity contribution >= 4 is 45.6 Å². The van der Waals surface area contributed by atoms with Gasteiger partial charge in [0.1, 0.15) is 11.6 Å². The van der Waals surface area contributed by atoms with Crippen molar-refractivity contribution in [2.45, 2.75) is 0 Å². The first-order chi connectivity index (χ1) is 12.6. The second-order valence-corrected chi connectivity index (χ2v) is 6.49. The van der Waals surface area contributed by atoms with Crippen molar-refractivity contribution in [1.29, 1.82) is 0 Å². The Labute approximate surface area is 159 Å². The highest BCUT2D eigenvalue weighted by atomic mass is 35.5. The fourth-order valence-electron chi connectivity index (χ4n) is 2.64. The lowest BCUT2D eigenvalue weighted by molar-refractivity contribution is 0.628. The van der Waals surface area contributed by atoms with Gasteiger partial charge in [-0.25, -0.2) is 14.4 Å². The second-order valence-electron chi connectivity index (χ2n) is 5.68. The van der Waals surface area contributed by atoms with Crippen molar-refractivity contribution in [2.24, 2.45) is 0 Å². The topological polar surface area (TPSA) is 37.8 Å². The van der Waals surface area contributed by atoms with Gasteiger partial charge in [0.15, 0.2) is 5.82 Å². The van der Waals surface area contributed by atoms with E-state index in [1.807, 2.05) is 30.3 Å². The Morgan fingerprint density at radius 3 is 2.46 bits per heavy atom. The maximum Gasteiger partial charge on any atom is 0.162 e. The first-order valence-electron chi connectivity index (χ1n) is 7.85. The molecule has 3 nitrogen and oxygen atoms in total. The fourth-order valence-corrected chi connectivity index (χ4v) is 2.94. The van der Waals surface area contributed by atoms with Crippen molar-refractivity contribution in [3.05, 3.63) is 82.6 Å². The van der Waals surface area contributed by atoms with E-state index in [1.165, 1.54) is 12.1 Å². The molecular weight excluding hydrogens is 372 g/mol. The van der Waals surface area contributed by atoms with Crippen LogP contribution in [0.3, 0.4) is 0 Å². The molecule has 4 rings (SSSR count). The number of anilines is 2. The lowest BCUT2D eigenvalue weighted by Crippen LogP contribution is -1.99. The van der Waals surface area contributed by atoms with E-state index in [0.717, 1.165) is 16.5 Å². The van der Waals surface area contributed by atoms with Crippen LogP contribution >= 0.6 is 23.2 Å². The summed E-state index contributed by atoms with van der Waals surface area (Å²) in [4.78, 5) is 9.23. The smallest absolute Gasteiger partial charge is 0.162 e. The lowest BCUT2D eigenvalue weighted by Gasteiger charge is -2.11. The van der Waals surface area contributed by atoms with Crippen LogP contribution in [0.25, 0.3) is 22.3 Å². The molecular formula is C20H12Cl2FN3. The largest absolute Gasteiger partial charge is 0.340 e. The van der Waals surface area contributed by atoms with Gasteiger partial charge in [-0.2, -0.15) is 0 Å². The highest BCUT2D eigenvalue weighted by molar-refractivity contribution is 6.42. The van der Waals surface area contributed by atoms with Crippen LogP contribution < -0.4 is 5.32 Å². The van der Waals surface area contributed by atoms with Crippen LogP contribution in [0.15, 0.2) is 66.7 Å². The zero-order valence-electron chi connectivity index (χ0n) is 13.4. The summed E-state index contributed by atoms with van der Waals surface area (Å²) in [5.41, 5.74) is 2.11. The number of halogens is 3. The van der Waals surface area contributed by atoms with E-state index in [9.17, 15) is 4.39 Å². The van der Waals surface area contributed by atoms with Gasteiger partial charge in [0.2, 0.25) is 0 Å². The summed E-state index contributed by atoms with van der Waals surface area (Å²) in [5.74, 6) is 0.765. The van der Waals surface area contributed by atoms with Crippen molar-refractivity contribution in [3.8, 4) is 11.4 Å². The average molecular weight is 384 g/mol. The highest BCUT2D eigenvalue weighted by Gasteiger charge is 2.11. The van der Waals surface area contributed by atoms with Gasteiger partial charge in [0.25, 0.3) is 0 Å². The average Bonchev–Trinajstić information content (AvgIpc) is 2.64. The van der Waals surface area contributed by atoms with Gasteiger partial charge in [0, 0.05) is 16.6 Å². The molecule has 1 heterocycles. The fraction of sp³-hybridized carbons (Fsp3) is 0. The first kappa shape index (κ1) is 16.8. The molecule has 0 atom stereocenters. The second kappa shape index (κ2) is 6.90. The molecule has 0 saturated heterocycles. The molecule has 4 aromatic rings. The molecule has 1 aromatic heterocycles. The summed E-state index contributed by atoms with van der Waals surface area (Å²) < 4.78 is 13.5. The molecule has 0 unspecified atom stereocenters. The monoisotopic (exact) mass is 383 g/mol. The molecule has 128 valence electrons. The van der Waals surface area contributed by atoms with E-state index in [4.69, 9.17) is 23.2 Å². The standard InChI is InChI=1S/C20H12Cl2FN3/c21-16-9-8-12(10-17(16)22)19-25-18-7-2-1-6-15(18)20(26-19)24-14-5-3-4-13(23)11-14/h1-11H,(H,24,25,26). The third-order valence-electron chi connectivity index (χ3n) is 3.87. The molecule has 26 heavy (non-hydrogen) atoms. The van der Waals surface area contributed by atoms with E-state index in [1.54, 1.807) is 24.3 Å². The quantitative estimate of drug-likeness (QED) is 0.439. The van der Waals surface area contributed by atoms with Crippen LogP contribution in [0.2, 0.25) is 10.0 Å². The van der Waals surface area contributed by atoms with Gasteiger partial charge in [0.05, 0.1) is 15.6 Å². The molecule has 0 bridgehead atoms. The normalized spacial score (nSPS) is 10.9. The summed E-state index contributed by atoms with van der Waals surface area (Å²) in [6, 6.07) is 19.1. The Bertz CT molecular complexity index is 1120. The number of para-hydroxylation sites is 1. The van der Waals surface area contributed by atoms with Crippen LogP contribution in [0.1, 0.15) is 0 Å². The molecule has 0 aliphatic carbocycles. The summed E-state index contributed by atoms with van der Waals surface area (Å²) in [6.45, 7) is 0. The third kappa shape index (κ3) is 3.34. The summed E-state index contributed by atoms with van der Waals surface area (Å²) in [5, 5.41) is 4.91. The summed E-state index contributed by atoms with van der Waals surface area (Å²) >= 11 is 12.1. The van der Waals surface area contributed by atoms with E-state index in [2.05, 4.69) is 15.3 Å². The number of nitrogens with one attached hydrogen (secondary N) is 1. The highest BCUT2D eigenvalue weighted by Crippen LogP contribution is 2.30. The minimum Gasteiger partial charge on any atom is -0.340 e. The maximum atomic E-state index is 13.5. The minimum absolute atomic E-state index is 0.321. The van der Waals surface area contributed by atoms with Crippen molar-refractivity contribution in [2.75, 3.05) is 5.32 Å². The van der Waals surface area contributed by atoms with Crippen LogP contribution in [0, 0.1) is 5.82 Å². The Kier molecular flexibility index (Phi) is 4.45. The van der Waals surface area contributed by atoms with E-state index < -0.39 is 0 Å². The molecule has 0 spiro atoms. The number of fused-ring (bicyclic) bond motifs is 1. The maximum absolute atomic E-state index is 13.5. The molecule has 0 saturated carbocycles. The van der Waals surface area contributed by atoms with Gasteiger partial charge < -0.3 is 5.32 Å². The van der Waals surface area contributed by atoms with Crippen LogP contribution in [0.5, 0.6) is 0 Å². The molecule has 0 amide bonds. The van der Waals surface area contributed by atoms with Crippen LogP contribution in [0.4, 0.5) is 15.9 Å². The summed E-state index contributed by atoms with van der Waals surface area (Å²) in [7, 11) is 0.